The van der Waals surface area contributed by atoms with Crippen molar-refractivity contribution in [2.75, 3.05) is 0 Å². The van der Waals surface area contributed by atoms with Crippen LogP contribution in [0.15, 0.2) is 42.5 Å². The van der Waals surface area contributed by atoms with E-state index < -0.39 is 6.10 Å². The van der Waals surface area contributed by atoms with Gasteiger partial charge in [-0.2, -0.15) is 0 Å². The molecule has 0 fully saturated rings. The number of amides is 1. The fourth-order valence-electron chi connectivity index (χ4n) is 3.52. The van der Waals surface area contributed by atoms with Crippen LogP contribution in [0, 0.1) is 13.8 Å². The summed E-state index contributed by atoms with van der Waals surface area (Å²) in [6.07, 6.45) is 0.798. The predicted molar refractivity (Wildman–Crippen MR) is 107 cm³/mol. The molecule has 0 saturated heterocycles. The maximum atomic E-state index is 13.0. The van der Waals surface area contributed by atoms with Crippen molar-refractivity contribution in [2.24, 2.45) is 0 Å². The van der Waals surface area contributed by atoms with Crippen LogP contribution in [-0.4, -0.2) is 17.6 Å². The van der Waals surface area contributed by atoms with E-state index in [1.165, 1.54) is 0 Å². The van der Waals surface area contributed by atoms with E-state index in [1.807, 2.05) is 77.1 Å². The molecule has 0 saturated carbocycles. The van der Waals surface area contributed by atoms with Crippen molar-refractivity contribution in [3.8, 4) is 11.5 Å². The van der Waals surface area contributed by atoms with E-state index in [-0.39, 0.29) is 17.6 Å². The van der Waals surface area contributed by atoms with Crippen molar-refractivity contribution >= 4 is 5.91 Å². The van der Waals surface area contributed by atoms with Crippen LogP contribution in [0.4, 0.5) is 0 Å². The van der Waals surface area contributed by atoms with Crippen LogP contribution in [0.3, 0.4) is 0 Å². The van der Waals surface area contributed by atoms with E-state index in [0.717, 1.165) is 34.6 Å². The van der Waals surface area contributed by atoms with Gasteiger partial charge in [0.2, 0.25) is 0 Å². The van der Waals surface area contributed by atoms with Gasteiger partial charge in [-0.05, 0) is 57.4 Å². The molecular formula is C23H29NO3. The molecule has 4 heteroatoms. The summed E-state index contributed by atoms with van der Waals surface area (Å²) in [6.45, 7) is 10.1. The van der Waals surface area contributed by atoms with Crippen LogP contribution in [-0.2, 0) is 4.79 Å². The van der Waals surface area contributed by atoms with Crippen LogP contribution in [0.1, 0.15) is 56.3 Å². The molecule has 0 bridgehead atoms. The van der Waals surface area contributed by atoms with Crippen LogP contribution in [0.5, 0.6) is 11.5 Å². The first-order valence-electron chi connectivity index (χ1n) is 9.62. The van der Waals surface area contributed by atoms with Crippen molar-refractivity contribution in [3.63, 3.8) is 0 Å². The van der Waals surface area contributed by atoms with Gasteiger partial charge >= 0.3 is 0 Å². The Labute approximate surface area is 161 Å². The van der Waals surface area contributed by atoms with Crippen LogP contribution < -0.4 is 14.8 Å². The zero-order chi connectivity index (χ0) is 19.6. The van der Waals surface area contributed by atoms with Gasteiger partial charge < -0.3 is 14.8 Å². The Morgan fingerprint density at radius 3 is 2.70 bits per heavy atom. The van der Waals surface area contributed by atoms with Gasteiger partial charge in [0.15, 0.2) is 6.10 Å². The average molecular weight is 367 g/mol. The standard InChI is InChI=1S/C23H29NO3/c1-6-19(26-20-13-9-10-15(2)16(20)3)22(25)24-18-14-23(4,5)27-21-12-8-7-11-17(18)21/h7-13,18-19H,6,14H2,1-5H3,(H,24,25)/t18-,19-/m0/s1. The largest absolute Gasteiger partial charge is 0.487 e. The molecule has 0 radical (unpaired) electrons. The number of fused-ring (bicyclic) bond motifs is 1. The molecule has 2 aromatic carbocycles. The predicted octanol–water partition coefficient (Wildman–Crippen LogP) is 4.88. The summed E-state index contributed by atoms with van der Waals surface area (Å²) in [7, 11) is 0. The number of hydrogen-bond acceptors (Lipinski definition) is 3. The van der Waals surface area contributed by atoms with Gasteiger partial charge in [-0.25, -0.2) is 0 Å². The second kappa shape index (κ2) is 7.63. The summed E-state index contributed by atoms with van der Waals surface area (Å²) in [4.78, 5) is 13.0. The monoisotopic (exact) mass is 367 g/mol. The molecule has 1 N–H and O–H groups in total. The van der Waals surface area contributed by atoms with E-state index in [4.69, 9.17) is 9.47 Å². The summed E-state index contributed by atoms with van der Waals surface area (Å²) < 4.78 is 12.1. The molecule has 1 aliphatic heterocycles. The molecule has 27 heavy (non-hydrogen) atoms. The molecule has 1 amide bonds. The molecule has 1 aliphatic rings. The highest BCUT2D eigenvalue weighted by Crippen LogP contribution is 2.39. The number of carbonyl (C=O) groups excluding carboxylic acids is 1. The highest BCUT2D eigenvalue weighted by atomic mass is 16.5. The van der Waals surface area contributed by atoms with Crippen LogP contribution >= 0.6 is 0 Å². The molecule has 144 valence electrons. The number of aryl methyl sites for hydroxylation is 1. The van der Waals surface area contributed by atoms with Gasteiger partial charge in [0.1, 0.15) is 17.1 Å². The van der Waals surface area contributed by atoms with Crippen molar-refractivity contribution in [2.45, 2.75) is 65.2 Å². The Hall–Kier alpha value is -2.49. The second-order valence-corrected chi connectivity index (χ2v) is 7.88. The van der Waals surface area contributed by atoms with Gasteiger partial charge in [0.25, 0.3) is 5.91 Å². The molecule has 0 unspecified atom stereocenters. The Morgan fingerprint density at radius 1 is 1.22 bits per heavy atom. The van der Waals surface area contributed by atoms with Crippen molar-refractivity contribution in [1.29, 1.82) is 0 Å². The molecule has 4 nitrogen and oxygen atoms in total. The van der Waals surface area contributed by atoms with E-state index in [1.54, 1.807) is 0 Å². The Kier molecular flexibility index (Phi) is 5.45. The zero-order valence-corrected chi connectivity index (χ0v) is 16.8. The number of ether oxygens (including phenoxy) is 2. The second-order valence-electron chi connectivity index (χ2n) is 7.88. The van der Waals surface area contributed by atoms with E-state index in [0.29, 0.717) is 6.42 Å². The van der Waals surface area contributed by atoms with Crippen LogP contribution in [0.2, 0.25) is 0 Å². The molecule has 0 spiro atoms. The molecule has 0 aliphatic carbocycles. The third kappa shape index (κ3) is 4.26. The van der Waals surface area contributed by atoms with Gasteiger partial charge in [-0.3, -0.25) is 4.79 Å². The fraction of sp³-hybridized carbons (Fsp3) is 0.435. The lowest BCUT2D eigenvalue weighted by Crippen LogP contribution is -2.45. The third-order valence-electron chi connectivity index (χ3n) is 5.18. The maximum Gasteiger partial charge on any atom is 0.261 e. The Morgan fingerprint density at radius 2 is 1.96 bits per heavy atom. The number of benzene rings is 2. The molecule has 3 rings (SSSR count). The first kappa shape index (κ1) is 19.3. The van der Waals surface area contributed by atoms with Gasteiger partial charge in [-0.15, -0.1) is 0 Å². The Bertz CT molecular complexity index is 828. The number of rotatable bonds is 5. The molecule has 0 aromatic heterocycles. The number of hydrogen-bond donors (Lipinski definition) is 1. The molecule has 1 heterocycles. The first-order chi connectivity index (χ1) is 12.8. The summed E-state index contributed by atoms with van der Waals surface area (Å²) in [5, 5.41) is 3.19. The number of nitrogens with one attached hydrogen (secondary N) is 1. The smallest absolute Gasteiger partial charge is 0.261 e. The first-order valence-corrected chi connectivity index (χ1v) is 9.62. The molecule has 2 atom stereocenters. The van der Waals surface area contributed by atoms with Crippen molar-refractivity contribution in [1.82, 2.24) is 5.32 Å². The summed E-state index contributed by atoms with van der Waals surface area (Å²) in [5.41, 5.74) is 2.91. The molecule has 2 aromatic rings. The Balaban J connectivity index is 1.78. The highest BCUT2D eigenvalue weighted by molar-refractivity contribution is 5.81. The fourth-order valence-corrected chi connectivity index (χ4v) is 3.52. The minimum atomic E-state index is -0.524. The zero-order valence-electron chi connectivity index (χ0n) is 16.8. The summed E-state index contributed by atoms with van der Waals surface area (Å²) in [6, 6.07) is 13.7. The molecular weight excluding hydrogens is 338 g/mol. The third-order valence-corrected chi connectivity index (χ3v) is 5.18. The van der Waals surface area contributed by atoms with Crippen molar-refractivity contribution < 1.29 is 14.3 Å². The van der Waals surface area contributed by atoms with Gasteiger partial charge in [-0.1, -0.05) is 37.3 Å². The lowest BCUT2D eigenvalue weighted by atomic mass is 9.89. The number of para-hydroxylation sites is 1. The quantitative estimate of drug-likeness (QED) is 0.819. The van der Waals surface area contributed by atoms with Crippen molar-refractivity contribution in [3.05, 3.63) is 59.2 Å². The average Bonchev–Trinajstić information content (AvgIpc) is 2.62. The summed E-state index contributed by atoms with van der Waals surface area (Å²) in [5.74, 6) is 1.52. The lowest BCUT2D eigenvalue weighted by molar-refractivity contribution is -0.129. The topological polar surface area (TPSA) is 47.6 Å². The van der Waals surface area contributed by atoms with E-state index in [9.17, 15) is 4.79 Å². The minimum Gasteiger partial charge on any atom is -0.487 e. The SMILES string of the molecule is CC[C@H](Oc1cccc(C)c1C)C(=O)N[C@H]1CC(C)(C)Oc2ccccc21. The summed E-state index contributed by atoms with van der Waals surface area (Å²) >= 11 is 0. The maximum absolute atomic E-state index is 13.0. The lowest BCUT2D eigenvalue weighted by Gasteiger charge is -2.38. The number of carbonyl (C=O) groups is 1. The normalized spacial score (nSPS) is 18.8. The van der Waals surface area contributed by atoms with Gasteiger partial charge in [0, 0.05) is 12.0 Å². The van der Waals surface area contributed by atoms with E-state index in [2.05, 4.69) is 5.32 Å². The van der Waals surface area contributed by atoms with Gasteiger partial charge in [0.05, 0.1) is 6.04 Å². The minimum absolute atomic E-state index is 0.0871. The van der Waals surface area contributed by atoms with E-state index >= 15 is 0 Å². The highest BCUT2D eigenvalue weighted by Gasteiger charge is 2.35. The van der Waals surface area contributed by atoms with Crippen LogP contribution in [0.25, 0.3) is 0 Å².